The number of aromatic nitrogens is 3. The highest BCUT2D eigenvalue weighted by molar-refractivity contribution is 5.75. The van der Waals surface area contributed by atoms with Crippen LogP contribution in [0.15, 0.2) is 30.6 Å². The van der Waals surface area contributed by atoms with E-state index in [1.165, 1.54) is 4.80 Å². The molecule has 0 aliphatic carbocycles. The third-order valence-electron chi connectivity index (χ3n) is 1.99. The van der Waals surface area contributed by atoms with Crippen molar-refractivity contribution >= 4 is 6.29 Å². The molecule has 0 atom stereocenters. The molecule has 0 saturated carbocycles. The first-order chi connectivity index (χ1) is 6.81. The molecule has 70 valence electrons. The number of benzene rings is 1. The average molecular weight is 187 g/mol. The van der Waals surface area contributed by atoms with E-state index in [1.807, 2.05) is 19.1 Å². The van der Waals surface area contributed by atoms with Gasteiger partial charge in [-0.25, -0.2) is 0 Å². The predicted octanol–water partition coefficient (Wildman–Crippen LogP) is 1.39. The standard InChI is InChI=1S/C10H9N3O/c1-8-6-9(7-14)2-3-10(8)13-11-4-5-12-13/h2-7H,1H3. The Kier molecular flexibility index (Phi) is 2.10. The molecule has 1 heterocycles. The number of carbonyl (C=O) groups is 1. The van der Waals surface area contributed by atoms with Crippen molar-refractivity contribution in [1.82, 2.24) is 15.0 Å². The van der Waals surface area contributed by atoms with Crippen molar-refractivity contribution in [2.45, 2.75) is 6.92 Å². The molecule has 0 aliphatic rings. The summed E-state index contributed by atoms with van der Waals surface area (Å²) in [5, 5.41) is 8.04. The van der Waals surface area contributed by atoms with E-state index in [2.05, 4.69) is 10.2 Å². The first-order valence-electron chi connectivity index (χ1n) is 4.24. The Hall–Kier alpha value is -1.97. The summed E-state index contributed by atoms with van der Waals surface area (Å²) in [4.78, 5) is 12.1. The zero-order valence-electron chi connectivity index (χ0n) is 7.71. The van der Waals surface area contributed by atoms with Crippen molar-refractivity contribution in [1.29, 1.82) is 0 Å². The van der Waals surface area contributed by atoms with Crippen molar-refractivity contribution in [2.75, 3.05) is 0 Å². The third kappa shape index (κ3) is 1.42. The van der Waals surface area contributed by atoms with Crippen molar-refractivity contribution < 1.29 is 4.79 Å². The fourth-order valence-corrected chi connectivity index (χ4v) is 1.32. The summed E-state index contributed by atoms with van der Waals surface area (Å²) in [6.45, 7) is 1.92. The Morgan fingerprint density at radius 3 is 2.57 bits per heavy atom. The number of rotatable bonds is 2. The van der Waals surface area contributed by atoms with Gasteiger partial charge in [-0.05, 0) is 30.7 Å². The van der Waals surface area contributed by atoms with Gasteiger partial charge in [-0.2, -0.15) is 15.0 Å². The van der Waals surface area contributed by atoms with Crippen LogP contribution < -0.4 is 0 Å². The second-order valence-electron chi connectivity index (χ2n) is 2.98. The monoisotopic (exact) mass is 187 g/mol. The number of carbonyl (C=O) groups excluding carboxylic acids is 1. The van der Waals surface area contributed by atoms with Crippen LogP contribution in [-0.2, 0) is 0 Å². The van der Waals surface area contributed by atoms with E-state index in [0.29, 0.717) is 5.56 Å². The predicted molar refractivity (Wildman–Crippen MR) is 51.5 cm³/mol. The highest BCUT2D eigenvalue weighted by atomic mass is 16.1. The number of aryl methyl sites for hydroxylation is 1. The summed E-state index contributed by atoms with van der Waals surface area (Å²) in [7, 11) is 0. The van der Waals surface area contributed by atoms with Crippen LogP contribution in [-0.4, -0.2) is 21.3 Å². The van der Waals surface area contributed by atoms with E-state index in [-0.39, 0.29) is 0 Å². The van der Waals surface area contributed by atoms with Gasteiger partial charge < -0.3 is 0 Å². The molecule has 0 saturated heterocycles. The lowest BCUT2D eigenvalue weighted by atomic mass is 10.1. The normalized spacial score (nSPS) is 10.1. The van der Waals surface area contributed by atoms with Crippen LogP contribution in [0.25, 0.3) is 5.69 Å². The molecule has 4 nitrogen and oxygen atoms in total. The van der Waals surface area contributed by atoms with E-state index in [0.717, 1.165) is 17.5 Å². The summed E-state index contributed by atoms with van der Waals surface area (Å²) in [6, 6.07) is 5.39. The van der Waals surface area contributed by atoms with Gasteiger partial charge in [-0.15, -0.1) is 0 Å². The molecule has 0 bridgehead atoms. The van der Waals surface area contributed by atoms with Crippen molar-refractivity contribution in [2.24, 2.45) is 0 Å². The van der Waals surface area contributed by atoms with E-state index >= 15 is 0 Å². The topological polar surface area (TPSA) is 47.8 Å². The Bertz CT molecular complexity index is 448. The van der Waals surface area contributed by atoms with Crippen LogP contribution in [0.4, 0.5) is 0 Å². The van der Waals surface area contributed by atoms with E-state index in [4.69, 9.17) is 0 Å². The maximum Gasteiger partial charge on any atom is 0.150 e. The molecule has 2 rings (SSSR count). The van der Waals surface area contributed by atoms with Gasteiger partial charge in [0.25, 0.3) is 0 Å². The van der Waals surface area contributed by atoms with Crippen molar-refractivity contribution in [3.05, 3.63) is 41.7 Å². The smallest absolute Gasteiger partial charge is 0.150 e. The largest absolute Gasteiger partial charge is 0.298 e. The molecule has 0 fully saturated rings. The Morgan fingerprint density at radius 1 is 1.29 bits per heavy atom. The molecule has 0 aliphatic heterocycles. The van der Waals surface area contributed by atoms with Crippen molar-refractivity contribution in [3.63, 3.8) is 0 Å². The summed E-state index contributed by atoms with van der Waals surface area (Å²) < 4.78 is 0. The first-order valence-corrected chi connectivity index (χ1v) is 4.24. The third-order valence-corrected chi connectivity index (χ3v) is 1.99. The number of hydrogen-bond donors (Lipinski definition) is 0. The lowest BCUT2D eigenvalue weighted by Gasteiger charge is -2.03. The van der Waals surface area contributed by atoms with Gasteiger partial charge in [0.05, 0.1) is 18.1 Å². The maximum absolute atomic E-state index is 10.5. The molecule has 0 N–H and O–H groups in total. The average Bonchev–Trinajstić information content (AvgIpc) is 2.70. The second-order valence-corrected chi connectivity index (χ2v) is 2.98. The summed E-state index contributed by atoms with van der Waals surface area (Å²) >= 11 is 0. The highest BCUT2D eigenvalue weighted by Crippen LogP contribution is 2.12. The van der Waals surface area contributed by atoms with Crippen molar-refractivity contribution in [3.8, 4) is 5.69 Å². The molecule has 0 spiro atoms. The molecule has 1 aromatic carbocycles. The highest BCUT2D eigenvalue weighted by Gasteiger charge is 2.02. The summed E-state index contributed by atoms with van der Waals surface area (Å²) in [6.07, 6.45) is 4.06. The Balaban J connectivity index is 2.51. The molecule has 0 unspecified atom stereocenters. The molecular weight excluding hydrogens is 178 g/mol. The lowest BCUT2D eigenvalue weighted by Crippen LogP contribution is -2.01. The fraction of sp³-hybridized carbons (Fsp3) is 0.100. The molecule has 0 amide bonds. The van der Waals surface area contributed by atoms with Crippen LogP contribution in [0.3, 0.4) is 0 Å². The van der Waals surface area contributed by atoms with Gasteiger partial charge in [0.2, 0.25) is 0 Å². The minimum absolute atomic E-state index is 0.665. The van der Waals surface area contributed by atoms with E-state index in [9.17, 15) is 4.79 Å². The van der Waals surface area contributed by atoms with Gasteiger partial charge in [0.15, 0.2) is 0 Å². The first kappa shape index (κ1) is 8.62. The Morgan fingerprint density at radius 2 is 2.00 bits per heavy atom. The molecule has 4 heteroatoms. The zero-order valence-corrected chi connectivity index (χ0v) is 7.71. The van der Waals surface area contributed by atoms with Crippen LogP contribution in [0.5, 0.6) is 0 Å². The van der Waals surface area contributed by atoms with Gasteiger partial charge in [0, 0.05) is 5.56 Å². The van der Waals surface area contributed by atoms with Crippen LogP contribution in [0.2, 0.25) is 0 Å². The zero-order chi connectivity index (χ0) is 9.97. The quantitative estimate of drug-likeness (QED) is 0.667. The number of nitrogens with zero attached hydrogens (tertiary/aromatic N) is 3. The maximum atomic E-state index is 10.5. The molecule has 1 aromatic heterocycles. The van der Waals surface area contributed by atoms with E-state index in [1.54, 1.807) is 18.5 Å². The van der Waals surface area contributed by atoms with Gasteiger partial charge in [0.1, 0.15) is 6.29 Å². The van der Waals surface area contributed by atoms with E-state index < -0.39 is 0 Å². The minimum Gasteiger partial charge on any atom is -0.298 e. The van der Waals surface area contributed by atoms with Gasteiger partial charge in [-0.1, -0.05) is 0 Å². The number of hydrogen-bond acceptors (Lipinski definition) is 3. The lowest BCUT2D eigenvalue weighted by molar-refractivity contribution is 0.112. The summed E-state index contributed by atoms with van der Waals surface area (Å²) in [5.74, 6) is 0. The van der Waals surface area contributed by atoms with Crippen LogP contribution in [0.1, 0.15) is 15.9 Å². The molecule has 0 radical (unpaired) electrons. The van der Waals surface area contributed by atoms with Crippen LogP contribution in [0, 0.1) is 6.92 Å². The SMILES string of the molecule is Cc1cc(C=O)ccc1-n1nccn1. The fourth-order valence-electron chi connectivity index (χ4n) is 1.32. The Labute approximate surface area is 81.2 Å². The number of aldehydes is 1. The summed E-state index contributed by atoms with van der Waals surface area (Å²) in [5.41, 5.74) is 2.53. The van der Waals surface area contributed by atoms with Gasteiger partial charge in [-0.3, -0.25) is 4.79 Å². The van der Waals surface area contributed by atoms with Gasteiger partial charge >= 0.3 is 0 Å². The minimum atomic E-state index is 0.665. The molecule has 14 heavy (non-hydrogen) atoms. The van der Waals surface area contributed by atoms with Crippen LogP contribution >= 0.6 is 0 Å². The second kappa shape index (κ2) is 3.41. The molecule has 2 aromatic rings. The molecular formula is C10H9N3O.